The molecule has 3 heteroatoms. The molecule has 0 aromatic heterocycles. The zero-order chi connectivity index (χ0) is 11.0. The zero-order valence-electron chi connectivity index (χ0n) is 9.19. The highest BCUT2D eigenvalue weighted by Crippen LogP contribution is 2.48. The Morgan fingerprint density at radius 1 is 1.19 bits per heavy atom. The largest absolute Gasteiger partial charge is 0.490 e. The molecule has 1 heterocycles. The number of benzene rings is 1. The normalized spacial score (nSPS) is 27.3. The Kier molecular flexibility index (Phi) is 2.48. The summed E-state index contributed by atoms with van der Waals surface area (Å²) in [5, 5.41) is 9.07. The van der Waals surface area contributed by atoms with Gasteiger partial charge in [-0.15, -0.1) is 0 Å². The van der Waals surface area contributed by atoms with Crippen LogP contribution in [-0.2, 0) is 0 Å². The minimum Gasteiger partial charge on any atom is -0.490 e. The molecule has 86 valence electrons. The Bertz CT molecular complexity index is 389. The Labute approximate surface area is 95.0 Å². The highest BCUT2D eigenvalue weighted by molar-refractivity contribution is 5.45. The summed E-state index contributed by atoms with van der Waals surface area (Å²) in [6, 6.07) is 6.15. The summed E-state index contributed by atoms with van der Waals surface area (Å²) in [6.07, 6.45) is 2.03. The molecule has 1 N–H and O–H groups in total. The fourth-order valence-electron chi connectivity index (χ4n) is 2.27. The van der Waals surface area contributed by atoms with Crippen molar-refractivity contribution in [2.24, 2.45) is 5.92 Å². The molecule has 0 radical (unpaired) electrons. The lowest BCUT2D eigenvalue weighted by Gasteiger charge is -2.08. The minimum absolute atomic E-state index is 0.291. The van der Waals surface area contributed by atoms with E-state index in [-0.39, 0.29) is 0 Å². The molecule has 1 aromatic carbocycles. The molecule has 1 saturated carbocycles. The van der Waals surface area contributed by atoms with Crippen molar-refractivity contribution in [3.05, 3.63) is 23.8 Å². The van der Waals surface area contributed by atoms with E-state index in [9.17, 15) is 0 Å². The van der Waals surface area contributed by atoms with Crippen LogP contribution >= 0.6 is 0 Å². The number of fused-ring (bicyclic) bond motifs is 1. The highest BCUT2D eigenvalue weighted by Gasteiger charge is 2.37. The standard InChI is InChI=1S/C13H16O3/c14-8-10-6-11(10)9-2-3-12-13(7-9)16-5-1-4-15-12/h2-3,7,10-11,14H,1,4-6,8H2. The maximum atomic E-state index is 9.07. The summed E-state index contributed by atoms with van der Waals surface area (Å²) in [7, 11) is 0. The number of ether oxygens (including phenoxy) is 2. The van der Waals surface area contributed by atoms with Crippen molar-refractivity contribution in [3.63, 3.8) is 0 Å². The molecule has 3 nitrogen and oxygen atoms in total. The second-order valence-corrected chi connectivity index (χ2v) is 4.54. The molecule has 3 rings (SSSR count). The molecule has 1 aliphatic heterocycles. The van der Waals surface area contributed by atoms with E-state index < -0.39 is 0 Å². The fraction of sp³-hybridized carbons (Fsp3) is 0.538. The first-order valence-corrected chi connectivity index (χ1v) is 5.89. The third kappa shape index (κ3) is 1.76. The van der Waals surface area contributed by atoms with E-state index in [0.29, 0.717) is 18.4 Å². The smallest absolute Gasteiger partial charge is 0.161 e. The van der Waals surface area contributed by atoms with Gasteiger partial charge >= 0.3 is 0 Å². The van der Waals surface area contributed by atoms with Crippen LogP contribution in [0, 0.1) is 5.92 Å². The molecular weight excluding hydrogens is 204 g/mol. The molecule has 2 unspecified atom stereocenters. The number of hydrogen-bond acceptors (Lipinski definition) is 3. The number of rotatable bonds is 2. The van der Waals surface area contributed by atoms with Crippen molar-refractivity contribution in [2.45, 2.75) is 18.8 Å². The van der Waals surface area contributed by atoms with Gasteiger partial charge in [0.25, 0.3) is 0 Å². The Hall–Kier alpha value is -1.22. The molecule has 1 fully saturated rings. The summed E-state index contributed by atoms with van der Waals surface area (Å²) >= 11 is 0. The van der Waals surface area contributed by atoms with Gasteiger partial charge in [0, 0.05) is 13.0 Å². The fourth-order valence-corrected chi connectivity index (χ4v) is 2.27. The third-order valence-electron chi connectivity index (χ3n) is 3.36. The maximum absolute atomic E-state index is 9.07. The second-order valence-electron chi connectivity index (χ2n) is 4.54. The summed E-state index contributed by atoms with van der Waals surface area (Å²) in [5.41, 5.74) is 1.27. The monoisotopic (exact) mass is 220 g/mol. The molecule has 0 amide bonds. The summed E-state index contributed by atoms with van der Waals surface area (Å²) in [5.74, 6) is 2.67. The van der Waals surface area contributed by atoms with Crippen LogP contribution in [0.15, 0.2) is 18.2 Å². The Balaban J connectivity index is 1.84. The lowest BCUT2D eigenvalue weighted by atomic mass is 10.1. The molecule has 16 heavy (non-hydrogen) atoms. The third-order valence-corrected chi connectivity index (χ3v) is 3.36. The molecular formula is C13H16O3. The molecule has 0 bridgehead atoms. The van der Waals surface area contributed by atoms with Crippen LogP contribution in [0.4, 0.5) is 0 Å². The SMILES string of the molecule is OCC1CC1c1ccc2c(c1)OCCCO2. The number of aliphatic hydroxyl groups excluding tert-OH is 1. The predicted molar refractivity (Wildman–Crippen MR) is 60.0 cm³/mol. The molecule has 2 aliphatic rings. The van der Waals surface area contributed by atoms with Crippen LogP contribution < -0.4 is 9.47 Å². The molecule has 2 atom stereocenters. The average molecular weight is 220 g/mol. The van der Waals surface area contributed by atoms with Crippen molar-refractivity contribution in [3.8, 4) is 11.5 Å². The van der Waals surface area contributed by atoms with Crippen LogP contribution in [0.3, 0.4) is 0 Å². The second kappa shape index (κ2) is 3.98. The van der Waals surface area contributed by atoms with E-state index >= 15 is 0 Å². The van der Waals surface area contributed by atoms with Crippen molar-refractivity contribution in [2.75, 3.05) is 19.8 Å². The first-order chi connectivity index (χ1) is 7.88. The van der Waals surface area contributed by atoms with Crippen molar-refractivity contribution in [1.29, 1.82) is 0 Å². The van der Waals surface area contributed by atoms with Gasteiger partial charge in [0.15, 0.2) is 11.5 Å². The van der Waals surface area contributed by atoms with Crippen molar-refractivity contribution < 1.29 is 14.6 Å². The van der Waals surface area contributed by atoms with Gasteiger partial charge in [-0.3, -0.25) is 0 Å². The van der Waals surface area contributed by atoms with Crippen molar-refractivity contribution >= 4 is 0 Å². The molecule has 0 spiro atoms. The van der Waals surface area contributed by atoms with Crippen LogP contribution in [0.2, 0.25) is 0 Å². The van der Waals surface area contributed by atoms with Gasteiger partial charge in [-0.25, -0.2) is 0 Å². The Morgan fingerprint density at radius 2 is 2.00 bits per heavy atom. The zero-order valence-corrected chi connectivity index (χ0v) is 9.19. The van der Waals surface area contributed by atoms with Crippen LogP contribution in [-0.4, -0.2) is 24.9 Å². The quantitative estimate of drug-likeness (QED) is 0.827. The molecule has 0 saturated heterocycles. The van der Waals surface area contributed by atoms with E-state index in [1.54, 1.807) is 0 Å². The predicted octanol–water partition coefficient (Wildman–Crippen LogP) is 1.94. The number of aliphatic hydroxyl groups is 1. The van der Waals surface area contributed by atoms with Gasteiger partial charge in [-0.05, 0) is 36.0 Å². The van der Waals surface area contributed by atoms with E-state index in [4.69, 9.17) is 14.6 Å². The average Bonchev–Trinajstić information content (AvgIpc) is 3.11. The van der Waals surface area contributed by atoms with Gasteiger partial charge in [-0.2, -0.15) is 0 Å². The van der Waals surface area contributed by atoms with E-state index in [1.807, 2.05) is 6.07 Å². The molecule has 1 aromatic rings. The Morgan fingerprint density at radius 3 is 2.75 bits per heavy atom. The first kappa shape index (κ1) is 9.97. The van der Waals surface area contributed by atoms with Crippen molar-refractivity contribution in [1.82, 2.24) is 0 Å². The van der Waals surface area contributed by atoms with Crippen LogP contribution in [0.1, 0.15) is 24.3 Å². The maximum Gasteiger partial charge on any atom is 0.161 e. The lowest BCUT2D eigenvalue weighted by molar-refractivity contribution is 0.274. The van der Waals surface area contributed by atoms with Gasteiger partial charge < -0.3 is 14.6 Å². The number of hydrogen-bond donors (Lipinski definition) is 1. The molecule has 1 aliphatic carbocycles. The summed E-state index contributed by atoms with van der Waals surface area (Å²) in [6.45, 7) is 1.75. The minimum atomic E-state index is 0.291. The van der Waals surface area contributed by atoms with Crippen LogP contribution in [0.5, 0.6) is 11.5 Å². The summed E-state index contributed by atoms with van der Waals surface area (Å²) in [4.78, 5) is 0. The van der Waals surface area contributed by atoms with E-state index in [0.717, 1.165) is 37.6 Å². The topological polar surface area (TPSA) is 38.7 Å². The van der Waals surface area contributed by atoms with Gasteiger partial charge in [-0.1, -0.05) is 6.07 Å². The van der Waals surface area contributed by atoms with Gasteiger partial charge in [0.05, 0.1) is 13.2 Å². The summed E-state index contributed by atoms with van der Waals surface area (Å²) < 4.78 is 11.2. The van der Waals surface area contributed by atoms with E-state index in [1.165, 1.54) is 5.56 Å². The lowest BCUT2D eigenvalue weighted by Crippen LogP contribution is -1.97. The highest BCUT2D eigenvalue weighted by atomic mass is 16.5. The van der Waals surface area contributed by atoms with E-state index in [2.05, 4.69) is 12.1 Å². The van der Waals surface area contributed by atoms with Gasteiger partial charge in [0.1, 0.15) is 0 Å². The first-order valence-electron chi connectivity index (χ1n) is 5.89. The van der Waals surface area contributed by atoms with Crippen LogP contribution in [0.25, 0.3) is 0 Å². The van der Waals surface area contributed by atoms with Gasteiger partial charge in [0.2, 0.25) is 0 Å².